The molecule has 114 valence electrons. The van der Waals surface area contributed by atoms with Crippen LogP contribution < -0.4 is 5.32 Å². The van der Waals surface area contributed by atoms with E-state index in [1.807, 2.05) is 25.6 Å². The molecule has 1 heterocycles. The van der Waals surface area contributed by atoms with E-state index < -0.39 is 12.1 Å². The molecule has 0 spiro atoms. The van der Waals surface area contributed by atoms with Crippen molar-refractivity contribution in [3.05, 3.63) is 17.0 Å². The smallest absolute Gasteiger partial charge is 0.310 e. The molecule has 1 aliphatic rings. The van der Waals surface area contributed by atoms with Gasteiger partial charge in [0.25, 0.3) is 0 Å². The maximum atomic E-state index is 12.8. The molecule has 1 saturated carbocycles. The highest BCUT2D eigenvalue weighted by Crippen LogP contribution is 2.37. The third-order valence-electron chi connectivity index (χ3n) is 4.36. The summed E-state index contributed by atoms with van der Waals surface area (Å²) in [7, 11) is 1.88. The molecule has 2 atom stereocenters. The number of hydrogen-bond donors (Lipinski definition) is 1. The molecule has 20 heavy (non-hydrogen) atoms. The molecule has 6 heteroatoms. The van der Waals surface area contributed by atoms with E-state index >= 15 is 0 Å². The van der Waals surface area contributed by atoms with Crippen molar-refractivity contribution in [1.29, 1.82) is 0 Å². The Labute approximate surface area is 117 Å². The molecule has 1 aliphatic carbocycles. The van der Waals surface area contributed by atoms with E-state index in [4.69, 9.17) is 0 Å². The Morgan fingerprint density at radius 2 is 2.00 bits per heavy atom. The molecule has 1 N–H and O–H groups in total. The molecule has 0 aromatic carbocycles. The number of alkyl halides is 3. The van der Waals surface area contributed by atoms with Crippen LogP contribution in [0.25, 0.3) is 0 Å². The van der Waals surface area contributed by atoms with Gasteiger partial charge in [0.05, 0.1) is 11.6 Å². The van der Waals surface area contributed by atoms with Gasteiger partial charge in [-0.15, -0.1) is 0 Å². The number of hydrogen-bond acceptors (Lipinski definition) is 2. The third kappa shape index (κ3) is 3.34. The zero-order valence-corrected chi connectivity index (χ0v) is 12.2. The van der Waals surface area contributed by atoms with Crippen LogP contribution in [-0.4, -0.2) is 22.0 Å². The van der Waals surface area contributed by atoms with Crippen molar-refractivity contribution in [1.82, 2.24) is 15.1 Å². The van der Waals surface area contributed by atoms with Crippen molar-refractivity contribution in [2.45, 2.75) is 58.3 Å². The fourth-order valence-corrected chi connectivity index (χ4v) is 2.99. The van der Waals surface area contributed by atoms with Gasteiger partial charge in [-0.05, 0) is 33.1 Å². The van der Waals surface area contributed by atoms with Gasteiger partial charge in [0.15, 0.2) is 0 Å². The Hall–Kier alpha value is -1.04. The Balaban J connectivity index is 1.94. The van der Waals surface area contributed by atoms with Gasteiger partial charge in [0.1, 0.15) is 0 Å². The molecule has 1 aromatic rings. The molecule has 1 aromatic heterocycles. The molecular formula is C14H22F3N3. The third-order valence-corrected chi connectivity index (χ3v) is 4.36. The number of aryl methyl sites for hydroxylation is 2. The SMILES string of the molecule is Cc1nn(C)c(C)c1CN[C@H]1CCC[C@H](C(F)(F)F)C1. The van der Waals surface area contributed by atoms with Crippen molar-refractivity contribution in [3.63, 3.8) is 0 Å². The van der Waals surface area contributed by atoms with E-state index in [-0.39, 0.29) is 18.9 Å². The number of halogens is 3. The monoisotopic (exact) mass is 289 g/mol. The summed E-state index contributed by atoms with van der Waals surface area (Å²) in [5, 5.41) is 7.61. The summed E-state index contributed by atoms with van der Waals surface area (Å²) in [5.74, 6) is -1.15. The van der Waals surface area contributed by atoms with Crippen LogP contribution in [0.3, 0.4) is 0 Å². The van der Waals surface area contributed by atoms with Gasteiger partial charge in [-0.25, -0.2) is 0 Å². The largest absolute Gasteiger partial charge is 0.391 e. The minimum Gasteiger partial charge on any atom is -0.310 e. The van der Waals surface area contributed by atoms with Crippen LogP contribution in [0.5, 0.6) is 0 Å². The van der Waals surface area contributed by atoms with Gasteiger partial charge in [0, 0.05) is 30.9 Å². The van der Waals surface area contributed by atoms with Crippen LogP contribution >= 0.6 is 0 Å². The number of nitrogens with one attached hydrogen (secondary N) is 1. The van der Waals surface area contributed by atoms with Gasteiger partial charge in [-0.2, -0.15) is 18.3 Å². The highest BCUT2D eigenvalue weighted by atomic mass is 19.4. The first kappa shape index (κ1) is 15.4. The summed E-state index contributed by atoms with van der Waals surface area (Å²) < 4.78 is 40.1. The van der Waals surface area contributed by atoms with Crippen molar-refractivity contribution < 1.29 is 13.2 Å². The highest BCUT2D eigenvalue weighted by molar-refractivity contribution is 5.24. The molecule has 0 bridgehead atoms. The molecule has 0 radical (unpaired) electrons. The maximum Gasteiger partial charge on any atom is 0.391 e. The summed E-state index contributed by atoms with van der Waals surface area (Å²) in [4.78, 5) is 0. The van der Waals surface area contributed by atoms with Gasteiger partial charge in [0.2, 0.25) is 0 Å². The first-order chi connectivity index (χ1) is 9.29. The summed E-state index contributed by atoms with van der Waals surface area (Å²) in [5.41, 5.74) is 3.11. The summed E-state index contributed by atoms with van der Waals surface area (Å²) >= 11 is 0. The lowest BCUT2D eigenvalue weighted by molar-refractivity contribution is -0.183. The number of aromatic nitrogens is 2. The van der Waals surface area contributed by atoms with E-state index in [9.17, 15) is 13.2 Å². The lowest BCUT2D eigenvalue weighted by atomic mass is 9.85. The van der Waals surface area contributed by atoms with Crippen LogP contribution in [0.2, 0.25) is 0 Å². The minimum absolute atomic E-state index is 0.0469. The predicted octanol–water partition coefficient (Wildman–Crippen LogP) is 3.25. The summed E-state index contributed by atoms with van der Waals surface area (Å²) in [6, 6.07) is -0.0469. The predicted molar refractivity (Wildman–Crippen MR) is 71.3 cm³/mol. The first-order valence-electron chi connectivity index (χ1n) is 7.08. The fraction of sp³-hybridized carbons (Fsp3) is 0.786. The summed E-state index contributed by atoms with van der Waals surface area (Å²) in [6.45, 7) is 4.51. The lowest BCUT2D eigenvalue weighted by Crippen LogP contribution is -2.38. The van der Waals surface area contributed by atoms with Crippen LogP contribution in [-0.2, 0) is 13.6 Å². The normalized spacial score (nSPS) is 24.1. The fourth-order valence-electron chi connectivity index (χ4n) is 2.99. The zero-order valence-electron chi connectivity index (χ0n) is 12.2. The molecule has 2 rings (SSSR count). The molecule has 3 nitrogen and oxygen atoms in total. The number of nitrogens with zero attached hydrogens (tertiary/aromatic N) is 2. The van der Waals surface area contributed by atoms with Gasteiger partial charge >= 0.3 is 6.18 Å². The zero-order chi connectivity index (χ0) is 14.9. The van der Waals surface area contributed by atoms with Crippen molar-refractivity contribution in [2.24, 2.45) is 13.0 Å². The minimum atomic E-state index is -4.06. The topological polar surface area (TPSA) is 29.9 Å². The van der Waals surface area contributed by atoms with E-state index in [2.05, 4.69) is 10.4 Å². The first-order valence-corrected chi connectivity index (χ1v) is 7.08. The quantitative estimate of drug-likeness (QED) is 0.925. The molecule has 0 amide bonds. The van der Waals surface area contributed by atoms with Crippen molar-refractivity contribution >= 4 is 0 Å². The van der Waals surface area contributed by atoms with Crippen molar-refractivity contribution in [2.75, 3.05) is 0 Å². The standard InChI is InChI=1S/C14H22F3N3/c1-9-13(10(2)20(3)19-9)8-18-12-6-4-5-11(7-12)14(15,16)17/h11-12,18H,4-8H2,1-3H3/t11-,12-/m0/s1. The van der Waals surface area contributed by atoms with E-state index in [1.165, 1.54) is 0 Å². The second-order valence-corrected chi connectivity index (χ2v) is 5.76. The molecule has 0 saturated heterocycles. The Kier molecular flexibility index (Phi) is 4.42. The Bertz CT molecular complexity index is 465. The molecule has 0 aliphatic heterocycles. The lowest BCUT2D eigenvalue weighted by Gasteiger charge is -2.31. The van der Waals surface area contributed by atoms with Gasteiger partial charge in [-0.1, -0.05) is 6.42 Å². The van der Waals surface area contributed by atoms with Crippen LogP contribution in [0.1, 0.15) is 42.6 Å². The molecule has 1 fully saturated rings. The van der Waals surface area contributed by atoms with Gasteiger partial charge in [-0.3, -0.25) is 4.68 Å². The average Bonchev–Trinajstić information content (AvgIpc) is 2.61. The van der Waals surface area contributed by atoms with Crippen LogP contribution in [0.15, 0.2) is 0 Å². The number of rotatable bonds is 3. The van der Waals surface area contributed by atoms with Crippen LogP contribution in [0, 0.1) is 19.8 Å². The van der Waals surface area contributed by atoms with E-state index in [0.717, 1.165) is 23.4 Å². The second-order valence-electron chi connectivity index (χ2n) is 5.76. The molecular weight excluding hydrogens is 267 g/mol. The van der Waals surface area contributed by atoms with Crippen LogP contribution in [0.4, 0.5) is 13.2 Å². The van der Waals surface area contributed by atoms with Crippen molar-refractivity contribution in [3.8, 4) is 0 Å². The maximum absolute atomic E-state index is 12.8. The Morgan fingerprint density at radius 3 is 2.55 bits per heavy atom. The van der Waals surface area contributed by atoms with E-state index in [1.54, 1.807) is 0 Å². The van der Waals surface area contributed by atoms with E-state index in [0.29, 0.717) is 13.0 Å². The highest BCUT2D eigenvalue weighted by Gasteiger charge is 2.42. The Morgan fingerprint density at radius 1 is 1.30 bits per heavy atom. The summed E-state index contributed by atoms with van der Waals surface area (Å²) in [6.07, 6.45) is -2.12. The molecule has 0 unspecified atom stereocenters. The second kappa shape index (κ2) is 5.76. The average molecular weight is 289 g/mol. The van der Waals surface area contributed by atoms with Gasteiger partial charge < -0.3 is 5.32 Å².